The van der Waals surface area contributed by atoms with Crippen molar-refractivity contribution in [2.24, 2.45) is 16.8 Å². The quantitative estimate of drug-likeness (QED) is 0.270. The van der Waals surface area contributed by atoms with Crippen LogP contribution in [0.1, 0.15) is 24.6 Å². The van der Waals surface area contributed by atoms with Crippen LogP contribution in [-0.4, -0.2) is 51.3 Å². The smallest absolute Gasteiger partial charge is 0.193 e. The number of ether oxygens (including phenoxy) is 1. The molecule has 4 nitrogen and oxygen atoms in total. The van der Waals surface area contributed by atoms with Crippen molar-refractivity contribution in [1.29, 1.82) is 0 Å². The lowest BCUT2D eigenvalue weighted by molar-refractivity contribution is 0.115. The number of aliphatic imine (C=N–C) groups is 1. The van der Waals surface area contributed by atoms with Gasteiger partial charge in [0.05, 0.1) is 6.61 Å². The molecule has 23 heavy (non-hydrogen) atoms. The van der Waals surface area contributed by atoms with E-state index in [1.54, 1.807) is 0 Å². The maximum Gasteiger partial charge on any atom is 0.193 e. The summed E-state index contributed by atoms with van der Waals surface area (Å²) in [6.07, 6.45) is 3.82. The van der Waals surface area contributed by atoms with Crippen LogP contribution < -0.4 is 5.32 Å². The van der Waals surface area contributed by atoms with Crippen LogP contribution in [-0.2, 0) is 11.2 Å². The van der Waals surface area contributed by atoms with Crippen molar-refractivity contribution in [3.63, 3.8) is 0 Å². The molecule has 1 atom stereocenters. The minimum absolute atomic E-state index is 0. The third-order valence-corrected chi connectivity index (χ3v) is 4.83. The Hall–Kier alpha value is -0.340. The largest absolute Gasteiger partial charge is 0.379 e. The first-order valence-corrected chi connectivity index (χ1v) is 9.09. The predicted molar refractivity (Wildman–Crippen MR) is 110 cm³/mol. The molecule has 1 fully saturated rings. The predicted octanol–water partition coefficient (Wildman–Crippen LogP) is 3.48. The van der Waals surface area contributed by atoms with Gasteiger partial charge in [0.15, 0.2) is 5.96 Å². The third kappa shape index (κ3) is 8.35. The molecule has 6 heteroatoms. The Bertz CT molecular complexity index is 449. The van der Waals surface area contributed by atoms with E-state index in [2.05, 4.69) is 46.7 Å². The number of guanidine groups is 1. The summed E-state index contributed by atoms with van der Waals surface area (Å²) in [5.74, 6) is 2.38. The fourth-order valence-corrected chi connectivity index (χ4v) is 3.21. The minimum atomic E-state index is 0. The van der Waals surface area contributed by atoms with E-state index in [0.29, 0.717) is 5.92 Å². The van der Waals surface area contributed by atoms with Gasteiger partial charge in [0.2, 0.25) is 0 Å². The van der Waals surface area contributed by atoms with Crippen molar-refractivity contribution in [3.05, 3.63) is 22.4 Å². The number of nitrogens with one attached hydrogen (secondary N) is 1. The lowest BCUT2D eigenvalue weighted by Gasteiger charge is -2.23. The summed E-state index contributed by atoms with van der Waals surface area (Å²) in [7, 11) is 3.91. The molecule has 1 aromatic heterocycles. The molecule has 0 bridgehead atoms. The number of hydrogen-bond donors (Lipinski definition) is 1. The number of rotatable bonds is 9. The molecule has 1 heterocycles. The Labute approximate surface area is 161 Å². The Morgan fingerprint density at radius 1 is 1.52 bits per heavy atom. The minimum Gasteiger partial charge on any atom is -0.379 e. The summed E-state index contributed by atoms with van der Waals surface area (Å²) in [6.45, 7) is 5.80. The van der Waals surface area contributed by atoms with Crippen LogP contribution in [0.5, 0.6) is 0 Å². The van der Waals surface area contributed by atoms with Crippen molar-refractivity contribution >= 4 is 41.3 Å². The van der Waals surface area contributed by atoms with Gasteiger partial charge < -0.3 is 15.0 Å². The van der Waals surface area contributed by atoms with E-state index in [-0.39, 0.29) is 24.0 Å². The molecule has 2 rings (SSSR count). The van der Waals surface area contributed by atoms with Gasteiger partial charge in [-0.15, -0.1) is 35.3 Å². The number of hydrogen-bond acceptors (Lipinski definition) is 3. The highest BCUT2D eigenvalue weighted by atomic mass is 127. The summed E-state index contributed by atoms with van der Waals surface area (Å²) < 4.78 is 5.70. The Morgan fingerprint density at radius 2 is 2.30 bits per heavy atom. The van der Waals surface area contributed by atoms with Gasteiger partial charge in [-0.1, -0.05) is 13.0 Å². The summed E-state index contributed by atoms with van der Waals surface area (Å²) in [5.41, 5.74) is 0. The van der Waals surface area contributed by atoms with Crippen molar-refractivity contribution in [2.45, 2.75) is 26.2 Å². The van der Waals surface area contributed by atoms with Crippen LogP contribution in [0.15, 0.2) is 22.5 Å². The fourth-order valence-electron chi connectivity index (χ4n) is 2.34. The molecule has 1 aliphatic rings. The van der Waals surface area contributed by atoms with Crippen LogP contribution >= 0.6 is 35.3 Å². The second-order valence-electron chi connectivity index (χ2n) is 6.26. The van der Waals surface area contributed by atoms with Gasteiger partial charge in [0.1, 0.15) is 0 Å². The molecular weight excluding hydrogens is 421 g/mol. The zero-order chi connectivity index (χ0) is 15.8. The first-order chi connectivity index (χ1) is 10.7. The molecule has 1 aromatic rings. The molecule has 0 saturated heterocycles. The van der Waals surface area contributed by atoms with Gasteiger partial charge >= 0.3 is 0 Å². The summed E-state index contributed by atoms with van der Waals surface area (Å²) in [4.78, 5) is 7.96. The number of halogens is 1. The van der Waals surface area contributed by atoms with Gasteiger partial charge in [-0.05, 0) is 42.5 Å². The number of likely N-dealkylation sites (N-methyl/N-ethyl adjacent to an activating group) is 1. The van der Waals surface area contributed by atoms with Crippen molar-refractivity contribution < 1.29 is 4.74 Å². The molecule has 1 unspecified atom stereocenters. The van der Waals surface area contributed by atoms with Gasteiger partial charge in [-0.3, -0.25) is 4.99 Å². The van der Waals surface area contributed by atoms with E-state index in [1.807, 2.05) is 18.4 Å². The van der Waals surface area contributed by atoms with E-state index in [1.165, 1.54) is 17.7 Å². The highest BCUT2D eigenvalue weighted by Gasteiger charge is 2.21. The highest BCUT2D eigenvalue weighted by Crippen LogP contribution is 2.28. The number of nitrogens with zero attached hydrogens (tertiary/aromatic N) is 2. The van der Waals surface area contributed by atoms with E-state index in [9.17, 15) is 0 Å². The monoisotopic (exact) mass is 451 g/mol. The maximum atomic E-state index is 5.70. The van der Waals surface area contributed by atoms with Crippen LogP contribution in [0.3, 0.4) is 0 Å². The summed E-state index contributed by atoms with van der Waals surface area (Å²) >= 11 is 1.83. The standard InChI is InChI=1S/C17H29N3OS.HI/c1-14(11-16-5-4-10-22-16)12-19-17(18-2)20(3)8-9-21-13-15-6-7-15;/h4-5,10,14-15H,6-9,11-13H2,1-3H3,(H,18,19);1H. The number of thiophene rings is 1. The lowest BCUT2D eigenvalue weighted by Crippen LogP contribution is -2.42. The van der Waals surface area contributed by atoms with Crippen molar-refractivity contribution in [2.75, 3.05) is 40.4 Å². The van der Waals surface area contributed by atoms with E-state index in [4.69, 9.17) is 4.74 Å². The van der Waals surface area contributed by atoms with Gasteiger partial charge in [-0.25, -0.2) is 0 Å². The maximum absolute atomic E-state index is 5.70. The first-order valence-electron chi connectivity index (χ1n) is 8.21. The average Bonchev–Trinajstić information content (AvgIpc) is 3.20. The molecule has 0 amide bonds. The molecule has 132 valence electrons. The van der Waals surface area contributed by atoms with Crippen LogP contribution in [0.4, 0.5) is 0 Å². The molecule has 0 spiro atoms. The second-order valence-corrected chi connectivity index (χ2v) is 7.29. The SMILES string of the molecule is CN=C(NCC(C)Cc1cccs1)N(C)CCOCC1CC1.I. The Morgan fingerprint density at radius 3 is 2.91 bits per heavy atom. The topological polar surface area (TPSA) is 36.9 Å². The molecule has 1 saturated carbocycles. The highest BCUT2D eigenvalue weighted by molar-refractivity contribution is 14.0. The van der Waals surface area contributed by atoms with Crippen molar-refractivity contribution in [1.82, 2.24) is 10.2 Å². The normalized spacial score (nSPS) is 15.9. The summed E-state index contributed by atoms with van der Waals surface area (Å²) in [5, 5.41) is 5.61. The van der Waals surface area contributed by atoms with Gasteiger partial charge in [-0.2, -0.15) is 0 Å². The first kappa shape index (κ1) is 20.7. The van der Waals surface area contributed by atoms with E-state index in [0.717, 1.165) is 44.6 Å². The molecule has 1 N–H and O–H groups in total. The molecule has 0 aliphatic heterocycles. The fraction of sp³-hybridized carbons (Fsp3) is 0.706. The average molecular weight is 451 g/mol. The third-order valence-electron chi connectivity index (χ3n) is 3.93. The van der Waals surface area contributed by atoms with Crippen molar-refractivity contribution in [3.8, 4) is 0 Å². The zero-order valence-electron chi connectivity index (χ0n) is 14.5. The lowest BCUT2D eigenvalue weighted by atomic mass is 10.1. The van der Waals surface area contributed by atoms with E-state index < -0.39 is 0 Å². The molecule has 0 radical (unpaired) electrons. The van der Waals surface area contributed by atoms with Crippen LogP contribution in [0, 0.1) is 11.8 Å². The Balaban J connectivity index is 0.00000264. The van der Waals surface area contributed by atoms with Gasteiger partial charge in [0.25, 0.3) is 0 Å². The summed E-state index contributed by atoms with van der Waals surface area (Å²) in [6, 6.07) is 4.33. The Kier molecular flexibility index (Phi) is 10.1. The molecular formula is C17H30IN3OS. The zero-order valence-corrected chi connectivity index (χ0v) is 17.6. The van der Waals surface area contributed by atoms with E-state index >= 15 is 0 Å². The second kappa shape index (κ2) is 11.3. The molecule has 1 aliphatic carbocycles. The van der Waals surface area contributed by atoms with Crippen LogP contribution in [0.25, 0.3) is 0 Å². The van der Waals surface area contributed by atoms with Gasteiger partial charge in [0, 0.05) is 38.7 Å². The van der Waals surface area contributed by atoms with Crippen LogP contribution in [0.2, 0.25) is 0 Å². The molecule has 0 aromatic carbocycles.